The van der Waals surface area contributed by atoms with Crippen LogP contribution in [0.15, 0.2) is 58.7 Å². The minimum atomic E-state index is -0.322. The van der Waals surface area contributed by atoms with Crippen molar-refractivity contribution in [3.63, 3.8) is 0 Å². The molecule has 0 saturated carbocycles. The van der Waals surface area contributed by atoms with E-state index in [0.29, 0.717) is 21.8 Å². The molecule has 0 saturated heterocycles. The molecule has 4 rings (SSSR count). The summed E-state index contributed by atoms with van der Waals surface area (Å²) in [5.41, 5.74) is 3.51. The second kappa shape index (κ2) is 9.67. The highest BCUT2D eigenvalue weighted by molar-refractivity contribution is 7.99. The van der Waals surface area contributed by atoms with Gasteiger partial charge in [-0.1, -0.05) is 36.4 Å². The summed E-state index contributed by atoms with van der Waals surface area (Å²) in [7, 11) is 0. The molecule has 2 aromatic carbocycles. The Morgan fingerprint density at radius 1 is 1.22 bits per heavy atom. The van der Waals surface area contributed by atoms with Crippen molar-refractivity contribution in [2.24, 2.45) is 0 Å². The molecule has 2 heterocycles. The summed E-state index contributed by atoms with van der Waals surface area (Å²) in [5, 5.41) is 5.37. The van der Waals surface area contributed by atoms with Crippen LogP contribution in [0, 0.1) is 12.7 Å². The minimum absolute atomic E-state index is 0.0658. The molecule has 1 amide bonds. The largest absolute Gasteiger partial charge is 0.349 e. The Kier molecular flexibility index (Phi) is 6.72. The standard InChI is InChI=1S/C24H22FN3O2S2/c1-14-5-3-4-6-18(14)15(2)26-21(29)13-31-12-20-27-23(30)22-19(11-32-24(22)28-20)16-7-9-17(25)10-8-16/h3-11,15H,12-13H2,1-2H3,(H,26,29)(H,27,28,30). The van der Waals surface area contributed by atoms with E-state index in [1.165, 1.54) is 35.2 Å². The number of carbonyl (C=O) groups is 1. The molecule has 2 N–H and O–H groups in total. The van der Waals surface area contributed by atoms with Gasteiger partial charge in [-0.25, -0.2) is 9.37 Å². The van der Waals surface area contributed by atoms with E-state index in [1.54, 1.807) is 12.1 Å². The number of nitrogens with one attached hydrogen (secondary N) is 2. The fourth-order valence-electron chi connectivity index (χ4n) is 3.58. The molecule has 0 aliphatic heterocycles. The molecule has 0 radical (unpaired) electrons. The predicted molar refractivity (Wildman–Crippen MR) is 130 cm³/mol. The molecule has 8 heteroatoms. The zero-order valence-corrected chi connectivity index (χ0v) is 19.3. The summed E-state index contributed by atoms with van der Waals surface area (Å²) < 4.78 is 13.2. The third-order valence-electron chi connectivity index (χ3n) is 5.15. The highest BCUT2D eigenvalue weighted by Crippen LogP contribution is 2.31. The van der Waals surface area contributed by atoms with Gasteiger partial charge in [-0.05, 0) is 42.7 Å². The summed E-state index contributed by atoms with van der Waals surface area (Å²) in [6.45, 7) is 3.99. The van der Waals surface area contributed by atoms with Gasteiger partial charge in [0.25, 0.3) is 5.56 Å². The van der Waals surface area contributed by atoms with Crippen LogP contribution in [-0.2, 0) is 10.5 Å². The smallest absolute Gasteiger partial charge is 0.260 e. The second-order valence-corrected chi connectivity index (χ2v) is 9.33. The quantitative estimate of drug-likeness (QED) is 0.391. The average molecular weight is 468 g/mol. The number of rotatable bonds is 7. The van der Waals surface area contributed by atoms with Gasteiger partial charge in [0.15, 0.2) is 0 Å². The number of amides is 1. The van der Waals surface area contributed by atoms with E-state index >= 15 is 0 Å². The Balaban J connectivity index is 1.40. The Bertz CT molecular complexity index is 1320. The molecule has 1 atom stereocenters. The van der Waals surface area contributed by atoms with Crippen molar-refractivity contribution < 1.29 is 9.18 Å². The number of halogens is 1. The normalized spacial score (nSPS) is 12.1. The van der Waals surface area contributed by atoms with E-state index < -0.39 is 0 Å². The molecular weight excluding hydrogens is 445 g/mol. The van der Waals surface area contributed by atoms with E-state index in [4.69, 9.17) is 0 Å². The summed E-state index contributed by atoms with van der Waals surface area (Å²) >= 11 is 2.77. The number of carbonyl (C=O) groups excluding carboxylic acids is 1. The maximum Gasteiger partial charge on any atom is 0.260 e. The van der Waals surface area contributed by atoms with Crippen LogP contribution in [0.25, 0.3) is 21.3 Å². The summed E-state index contributed by atoms with van der Waals surface area (Å²) in [4.78, 5) is 33.0. The molecule has 5 nitrogen and oxygen atoms in total. The first-order chi connectivity index (χ1) is 15.4. The van der Waals surface area contributed by atoms with Crippen LogP contribution in [0.2, 0.25) is 0 Å². The molecule has 0 spiro atoms. The molecule has 4 aromatic rings. The fraction of sp³-hybridized carbons (Fsp3) is 0.208. The highest BCUT2D eigenvalue weighted by Gasteiger charge is 2.14. The molecule has 32 heavy (non-hydrogen) atoms. The average Bonchev–Trinajstić information content (AvgIpc) is 3.19. The lowest BCUT2D eigenvalue weighted by Crippen LogP contribution is -2.28. The first-order valence-corrected chi connectivity index (χ1v) is 12.1. The summed E-state index contributed by atoms with van der Waals surface area (Å²) in [6.07, 6.45) is 0. The number of thiophene rings is 1. The van der Waals surface area contributed by atoms with Gasteiger partial charge in [-0.3, -0.25) is 9.59 Å². The van der Waals surface area contributed by atoms with Crippen molar-refractivity contribution >= 4 is 39.2 Å². The Labute approximate surface area is 193 Å². The Morgan fingerprint density at radius 3 is 2.72 bits per heavy atom. The lowest BCUT2D eigenvalue weighted by molar-refractivity contribution is -0.119. The Morgan fingerprint density at radius 2 is 1.97 bits per heavy atom. The first-order valence-electron chi connectivity index (χ1n) is 10.1. The molecule has 0 fully saturated rings. The van der Waals surface area contributed by atoms with Crippen molar-refractivity contribution in [1.82, 2.24) is 15.3 Å². The number of nitrogens with zero attached hydrogens (tertiary/aromatic N) is 1. The topological polar surface area (TPSA) is 74.8 Å². The number of thioether (sulfide) groups is 1. The van der Waals surface area contributed by atoms with E-state index in [9.17, 15) is 14.0 Å². The number of hydrogen-bond acceptors (Lipinski definition) is 5. The first kappa shape index (κ1) is 22.2. The van der Waals surface area contributed by atoms with Crippen LogP contribution in [0.4, 0.5) is 4.39 Å². The number of H-pyrrole nitrogens is 1. The lowest BCUT2D eigenvalue weighted by Gasteiger charge is -2.16. The predicted octanol–water partition coefficient (Wildman–Crippen LogP) is 5.21. The van der Waals surface area contributed by atoms with E-state index in [2.05, 4.69) is 15.3 Å². The van der Waals surface area contributed by atoms with Crippen molar-refractivity contribution in [3.8, 4) is 11.1 Å². The molecule has 164 valence electrons. The fourth-order valence-corrected chi connectivity index (χ4v) is 5.25. The zero-order chi connectivity index (χ0) is 22.7. The molecule has 2 aromatic heterocycles. The number of fused-ring (bicyclic) bond motifs is 1. The third-order valence-corrected chi connectivity index (χ3v) is 6.97. The van der Waals surface area contributed by atoms with Gasteiger partial charge in [-0.2, -0.15) is 0 Å². The highest BCUT2D eigenvalue weighted by atomic mass is 32.2. The number of aromatic amines is 1. The van der Waals surface area contributed by atoms with Crippen LogP contribution in [-0.4, -0.2) is 21.6 Å². The van der Waals surface area contributed by atoms with Crippen molar-refractivity contribution in [3.05, 3.63) is 87.0 Å². The van der Waals surface area contributed by atoms with Gasteiger partial charge < -0.3 is 10.3 Å². The van der Waals surface area contributed by atoms with E-state index in [0.717, 1.165) is 22.3 Å². The number of aryl methyl sites for hydroxylation is 1. The minimum Gasteiger partial charge on any atom is -0.349 e. The van der Waals surface area contributed by atoms with Gasteiger partial charge in [0.05, 0.1) is 22.9 Å². The van der Waals surface area contributed by atoms with Crippen LogP contribution in [0.5, 0.6) is 0 Å². The lowest BCUT2D eigenvalue weighted by atomic mass is 10.0. The van der Waals surface area contributed by atoms with Crippen molar-refractivity contribution in [2.45, 2.75) is 25.6 Å². The van der Waals surface area contributed by atoms with Gasteiger partial charge >= 0.3 is 0 Å². The van der Waals surface area contributed by atoms with E-state index in [1.807, 2.05) is 43.5 Å². The maximum atomic E-state index is 13.2. The molecule has 0 aliphatic carbocycles. The van der Waals surface area contributed by atoms with Crippen LogP contribution in [0.1, 0.15) is 29.9 Å². The van der Waals surface area contributed by atoms with Gasteiger partial charge in [0.1, 0.15) is 16.5 Å². The van der Waals surface area contributed by atoms with Gasteiger partial charge in [0, 0.05) is 10.9 Å². The SMILES string of the molecule is Cc1ccccc1C(C)NC(=O)CSCc1nc2scc(-c3ccc(F)cc3)c2c(=O)[nH]1. The molecule has 0 bridgehead atoms. The van der Waals surface area contributed by atoms with Crippen LogP contribution >= 0.6 is 23.1 Å². The maximum absolute atomic E-state index is 13.2. The van der Waals surface area contributed by atoms with Gasteiger partial charge in [0.2, 0.25) is 5.91 Å². The Hall–Kier alpha value is -2.97. The number of benzene rings is 2. The molecular formula is C24H22FN3O2S2. The van der Waals surface area contributed by atoms with Crippen LogP contribution < -0.4 is 10.9 Å². The monoisotopic (exact) mass is 467 g/mol. The van der Waals surface area contributed by atoms with Crippen molar-refractivity contribution in [2.75, 3.05) is 5.75 Å². The summed E-state index contributed by atoms with van der Waals surface area (Å²) in [6, 6.07) is 13.9. The van der Waals surface area contributed by atoms with Gasteiger partial charge in [-0.15, -0.1) is 23.1 Å². The zero-order valence-electron chi connectivity index (χ0n) is 17.6. The summed E-state index contributed by atoms with van der Waals surface area (Å²) in [5.74, 6) is 0.824. The molecule has 1 unspecified atom stereocenters. The number of hydrogen-bond donors (Lipinski definition) is 2. The molecule has 0 aliphatic rings. The second-order valence-electron chi connectivity index (χ2n) is 7.49. The number of aromatic nitrogens is 2. The van der Waals surface area contributed by atoms with Crippen LogP contribution in [0.3, 0.4) is 0 Å². The van der Waals surface area contributed by atoms with Crippen molar-refractivity contribution in [1.29, 1.82) is 0 Å². The van der Waals surface area contributed by atoms with E-state index in [-0.39, 0.29) is 29.1 Å². The third kappa shape index (κ3) is 4.92.